The van der Waals surface area contributed by atoms with Crippen LogP contribution in [0.1, 0.15) is 57.6 Å². The summed E-state index contributed by atoms with van der Waals surface area (Å²) in [7, 11) is 2.22. The van der Waals surface area contributed by atoms with Crippen LogP contribution in [0.2, 0.25) is 0 Å². The number of benzene rings is 2. The number of likely N-dealkylation sites (N-methyl/N-ethyl adjacent to an activating group) is 1. The molecule has 1 aliphatic carbocycles. The van der Waals surface area contributed by atoms with Gasteiger partial charge < -0.3 is 15.5 Å². The van der Waals surface area contributed by atoms with Gasteiger partial charge in [0.05, 0.1) is 0 Å². The van der Waals surface area contributed by atoms with Crippen molar-refractivity contribution >= 4 is 11.6 Å². The highest BCUT2D eigenvalue weighted by Gasteiger charge is 2.58. The monoisotopic (exact) mass is 433 g/mol. The van der Waals surface area contributed by atoms with Gasteiger partial charge in [-0.2, -0.15) is 0 Å². The Labute approximate surface area is 193 Å². The third-order valence-corrected chi connectivity index (χ3v) is 8.20. The summed E-state index contributed by atoms with van der Waals surface area (Å²) in [4.78, 5) is 15.1. The molecular weight excluding hydrogens is 394 g/mol. The fraction of sp³-hybridized carbons (Fsp3) is 0.536. The second kappa shape index (κ2) is 9.27. The Morgan fingerprint density at radius 3 is 2.53 bits per heavy atom. The van der Waals surface area contributed by atoms with Gasteiger partial charge in [-0.3, -0.25) is 4.79 Å². The largest absolute Gasteiger partial charge is 0.370 e. The Balaban J connectivity index is 1.26. The molecule has 2 aromatic rings. The predicted octanol–water partition coefficient (Wildman–Crippen LogP) is 4.68. The van der Waals surface area contributed by atoms with E-state index in [1.54, 1.807) is 0 Å². The molecule has 2 aliphatic rings. The molecule has 2 aromatic carbocycles. The highest BCUT2D eigenvalue weighted by Crippen LogP contribution is 2.59. The van der Waals surface area contributed by atoms with Crippen molar-refractivity contribution in [2.75, 3.05) is 25.0 Å². The molecule has 1 saturated carbocycles. The number of hydrogen-bond acceptors (Lipinski definition) is 3. The maximum Gasteiger partial charge on any atom is 0.221 e. The van der Waals surface area contributed by atoms with Gasteiger partial charge >= 0.3 is 0 Å². The molecule has 2 N–H and O–H groups in total. The normalized spacial score (nSPS) is 25.8. The Bertz CT molecular complexity index is 925. The first-order chi connectivity index (χ1) is 15.3. The summed E-state index contributed by atoms with van der Waals surface area (Å²) in [6, 6.07) is 20.0. The second-order valence-electron chi connectivity index (χ2n) is 10.5. The highest BCUT2D eigenvalue weighted by atomic mass is 16.1. The maximum absolute atomic E-state index is 12.7. The summed E-state index contributed by atoms with van der Waals surface area (Å²) in [5, 5.41) is 6.80. The first kappa shape index (κ1) is 22.8. The Kier molecular flexibility index (Phi) is 6.62. The average Bonchev–Trinajstić information content (AvgIpc) is 3.00. The first-order valence-corrected chi connectivity index (χ1v) is 12.2. The van der Waals surface area contributed by atoms with Crippen LogP contribution in [0.5, 0.6) is 0 Å². The quantitative estimate of drug-likeness (QED) is 0.594. The summed E-state index contributed by atoms with van der Waals surface area (Å²) in [6.07, 6.45) is 4.73. The number of fused-ring (bicyclic) bond motifs is 3. The van der Waals surface area contributed by atoms with Crippen molar-refractivity contribution in [1.29, 1.82) is 0 Å². The third kappa shape index (κ3) is 4.30. The van der Waals surface area contributed by atoms with E-state index in [-0.39, 0.29) is 22.8 Å². The summed E-state index contributed by atoms with van der Waals surface area (Å²) in [5.74, 6) is 0.170. The van der Waals surface area contributed by atoms with Crippen LogP contribution in [0.25, 0.3) is 0 Å². The SMILES string of the molecule is CN1c2ccccc2C2(C)C1CC(NC(=O)CCNCCCc1ccccc1)CC2(C)C. The fourth-order valence-corrected chi connectivity index (χ4v) is 6.14. The van der Waals surface area contributed by atoms with E-state index >= 15 is 0 Å². The van der Waals surface area contributed by atoms with Gasteiger partial charge in [0.1, 0.15) is 0 Å². The number of nitrogens with one attached hydrogen (secondary N) is 2. The van der Waals surface area contributed by atoms with Crippen molar-refractivity contribution in [1.82, 2.24) is 10.6 Å². The first-order valence-electron chi connectivity index (χ1n) is 12.2. The van der Waals surface area contributed by atoms with Crippen LogP contribution >= 0.6 is 0 Å². The van der Waals surface area contributed by atoms with Gasteiger partial charge in [0, 0.05) is 43.2 Å². The van der Waals surface area contributed by atoms with Gasteiger partial charge in [-0.05, 0) is 54.8 Å². The van der Waals surface area contributed by atoms with Crippen molar-refractivity contribution in [3.05, 3.63) is 65.7 Å². The molecular formula is C28H39N3O. The van der Waals surface area contributed by atoms with Crippen molar-refractivity contribution in [3.63, 3.8) is 0 Å². The number of aryl methyl sites for hydroxylation is 1. The second-order valence-corrected chi connectivity index (χ2v) is 10.5. The molecule has 1 fully saturated rings. The lowest BCUT2D eigenvalue weighted by atomic mass is 9.54. The smallest absolute Gasteiger partial charge is 0.221 e. The molecule has 1 heterocycles. The summed E-state index contributed by atoms with van der Waals surface area (Å²) in [6.45, 7) is 8.87. The number of carbonyl (C=O) groups is 1. The topological polar surface area (TPSA) is 44.4 Å². The van der Waals surface area contributed by atoms with Crippen molar-refractivity contribution in [2.45, 2.75) is 70.4 Å². The van der Waals surface area contributed by atoms with E-state index in [4.69, 9.17) is 0 Å². The number of rotatable bonds is 8. The third-order valence-electron chi connectivity index (χ3n) is 8.20. The van der Waals surface area contributed by atoms with Gasteiger partial charge in [-0.25, -0.2) is 0 Å². The zero-order valence-electron chi connectivity index (χ0n) is 20.2. The van der Waals surface area contributed by atoms with Gasteiger partial charge in [0.2, 0.25) is 5.91 Å². The van der Waals surface area contributed by atoms with Crippen LogP contribution in [0, 0.1) is 5.41 Å². The lowest BCUT2D eigenvalue weighted by molar-refractivity contribution is -0.122. The number of hydrogen-bond donors (Lipinski definition) is 2. The molecule has 0 radical (unpaired) electrons. The van der Waals surface area contributed by atoms with Gasteiger partial charge in [0.25, 0.3) is 0 Å². The molecule has 4 heteroatoms. The lowest BCUT2D eigenvalue weighted by Crippen LogP contribution is -2.59. The zero-order chi connectivity index (χ0) is 22.8. The lowest BCUT2D eigenvalue weighted by Gasteiger charge is -2.53. The van der Waals surface area contributed by atoms with E-state index in [1.165, 1.54) is 16.8 Å². The zero-order valence-corrected chi connectivity index (χ0v) is 20.2. The number of anilines is 1. The van der Waals surface area contributed by atoms with E-state index in [9.17, 15) is 4.79 Å². The molecule has 0 aromatic heterocycles. The van der Waals surface area contributed by atoms with Gasteiger partial charge in [0.15, 0.2) is 0 Å². The van der Waals surface area contributed by atoms with Crippen molar-refractivity contribution < 1.29 is 4.79 Å². The maximum atomic E-state index is 12.7. The molecule has 172 valence electrons. The Hall–Kier alpha value is -2.33. The fourth-order valence-electron chi connectivity index (χ4n) is 6.14. The standard InChI is InChI=1S/C28H39N3O/c1-27(2)20-22(19-25-28(27,3)23-14-8-9-15-24(23)31(25)4)30-26(32)16-18-29-17-10-13-21-11-6-5-7-12-21/h5-9,11-12,14-15,22,25,29H,10,13,16-20H2,1-4H3,(H,30,32). The number of nitrogens with zero attached hydrogens (tertiary/aromatic N) is 1. The minimum atomic E-state index is 0.0971. The molecule has 0 spiro atoms. The van der Waals surface area contributed by atoms with Crippen molar-refractivity contribution in [3.8, 4) is 0 Å². The molecule has 1 aliphatic heterocycles. The van der Waals surface area contributed by atoms with Crippen LogP contribution in [0.4, 0.5) is 5.69 Å². The van der Waals surface area contributed by atoms with E-state index < -0.39 is 0 Å². The number of amides is 1. The van der Waals surface area contributed by atoms with Crippen molar-refractivity contribution in [2.24, 2.45) is 5.41 Å². The number of carbonyl (C=O) groups excluding carboxylic acids is 1. The molecule has 0 saturated heterocycles. The van der Waals surface area contributed by atoms with E-state index in [1.807, 2.05) is 0 Å². The summed E-state index contributed by atoms with van der Waals surface area (Å²) in [5.41, 5.74) is 4.38. The predicted molar refractivity (Wildman–Crippen MR) is 133 cm³/mol. The van der Waals surface area contributed by atoms with E-state index in [2.05, 4.69) is 97.9 Å². The average molecular weight is 434 g/mol. The van der Waals surface area contributed by atoms with E-state index in [0.29, 0.717) is 12.5 Å². The molecule has 4 rings (SSSR count). The molecule has 0 bridgehead atoms. The minimum absolute atomic E-state index is 0.0971. The Morgan fingerprint density at radius 1 is 1.03 bits per heavy atom. The minimum Gasteiger partial charge on any atom is -0.370 e. The van der Waals surface area contributed by atoms with Crippen LogP contribution in [0.15, 0.2) is 54.6 Å². The Morgan fingerprint density at radius 2 is 1.75 bits per heavy atom. The number of para-hydroxylation sites is 1. The molecule has 3 unspecified atom stereocenters. The molecule has 4 nitrogen and oxygen atoms in total. The van der Waals surface area contributed by atoms with E-state index in [0.717, 1.165) is 38.8 Å². The summed E-state index contributed by atoms with van der Waals surface area (Å²) < 4.78 is 0. The van der Waals surface area contributed by atoms with Gasteiger partial charge in [-0.15, -0.1) is 0 Å². The van der Waals surface area contributed by atoms with Crippen LogP contribution < -0.4 is 15.5 Å². The van der Waals surface area contributed by atoms with Crippen LogP contribution in [-0.4, -0.2) is 38.1 Å². The molecule has 1 amide bonds. The summed E-state index contributed by atoms with van der Waals surface area (Å²) >= 11 is 0. The molecule has 32 heavy (non-hydrogen) atoms. The highest BCUT2D eigenvalue weighted by molar-refractivity contribution is 5.76. The van der Waals surface area contributed by atoms with Gasteiger partial charge in [-0.1, -0.05) is 69.3 Å². The van der Waals surface area contributed by atoms with Crippen LogP contribution in [0.3, 0.4) is 0 Å². The van der Waals surface area contributed by atoms with Crippen LogP contribution in [-0.2, 0) is 16.6 Å². The molecule has 3 atom stereocenters.